The molecule has 146 valence electrons. The molecule has 1 aromatic heterocycles. The van der Waals surface area contributed by atoms with Gasteiger partial charge in [0, 0.05) is 18.7 Å². The number of rotatable bonds is 7. The average Bonchev–Trinajstić information content (AvgIpc) is 2.69. The van der Waals surface area contributed by atoms with Crippen LogP contribution in [0.3, 0.4) is 0 Å². The second-order valence-corrected chi connectivity index (χ2v) is 7.02. The summed E-state index contributed by atoms with van der Waals surface area (Å²) in [5, 5.41) is 3.27. The maximum atomic E-state index is 12.6. The lowest BCUT2D eigenvalue weighted by atomic mass is 10.1. The molecule has 0 saturated heterocycles. The molecule has 0 saturated carbocycles. The Morgan fingerprint density at radius 1 is 1.07 bits per heavy atom. The number of H-pyrrole nitrogens is 1. The molecule has 6 heteroatoms. The van der Waals surface area contributed by atoms with Gasteiger partial charge in [0.25, 0.3) is 11.5 Å². The first-order valence-corrected chi connectivity index (χ1v) is 9.60. The van der Waals surface area contributed by atoms with Crippen LogP contribution in [0.4, 0.5) is 0 Å². The van der Waals surface area contributed by atoms with Crippen LogP contribution in [0.25, 0.3) is 10.9 Å². The van der Waals surface area contributed by atoms with Crippen LogP contribution < -0.4 is 16.6 Å². The van der Waals surface area contributed by atoms with E-state index in [1.807, 2.05) is 31.2 Å². The van der Waals surface area contributed by atoms with Crippen molar-refractivity contribution in [2.24, 2.45) is 0 Å². The minimum Gasteiger partial charge on any atom is -0.348 e. The van der Waals surface area contributed by atoms with Gasteiger partial charge in [-0.25, -0.2) is 4.79 Å². The van der Waals surface area contributed by atoms with E-state index >= 15 is 0 Å². The van der Waals surface area contributed by atoms with Crippen LogP contribution in [-0.2, 0) is 13.1 Å². The number of fused-ring (bicyclic) bond motifs is 1. The number of carbonyl (C=O) groups excluding carboxylic acids is 1. The van der Waals surface area contributed by atoms with E-state index in [0.717, 1.165) is 30.4 Å². The smallest absolute Gasteiger partial charge is 0.328 e. The number of carbonyl (C=O) groups is 1. The number of hydrogen-bond acceptors (Lipinski definition) is 3. The van der Waals surface area contributed by atoms with Gasteiger partial charge in [-0.05, 0) is 37.1 Å². The molecule has 0 aliphatic rings. The fraction of sp³-hybridized carbons (Fsp3) is 0.318. The third kappa shape index (κ3) is 4.39. The SMILES string of the molecule is CCCCCn1c(=O)[nH]c2cc(C(=O)NCc3ccc(C)cc3)ccc2c1=O. The molecule has 2 aromatic carbocycles. The third-order valence-corrected chi connectivity index (χ3v) is 4.80. The molecule has 6 nitrogen and oxygen atoms in total. The molecule has 1 heterocycles. The summed E-state index contributed by atoms with van der Waals surface area (Å²) >= 11 is 0. The van der Waals surface area contributed by atoms with E-state index in [4.69, 9.17) is 0 Å². The van der Waals surface area contributed by atoms with Crippen LogP contribution in [0.15, 0.2) is 52.1 Å². The van der Waals surface area contributed by atoms with Crippen molar-refractivity contribution in [3.63, 3.8) is 0 Å². The van der Waals surface area contributed by atoms with Crippen molar-refractivity contribution in [1.29, 1.82) is 0 Å². The number of benzene rings is 2. The molecule has 28 heavy (non-hydrogen) atoms. The Hall–Kier alpha value is -3.15. The molecule has 3 rings (SSSR count). The Morgan fingerprint density at radius 2 is 1.82 bits per heavy atom. The van der Waals surface area contributed by atoms with E-state index in [0.29, 0.717) is 29.6 Å². The molecule has 3 aromatic rings. The summed E-state index contributed by atoms with van der Waals surface area (Å²) in [6, 6.07) is 12.7. The van der Waals surface area contributed by atoms with Crippen LogP contribution in [0.5, 0.6) is 0 Å². The molecule has 0 unspecified atom stereocenters. The number of aromatic amines is 1. The minimum atomic E-state index is -0.439. The lowest BCUT2D eigenvalue weighted by Crippen LogP contribution is -2.35. The summed E-state index contributed by atoms with van der Waals surface area (Å²) in [4.78, 5) is 40.1. The standard InChI is InChI=1S/C22H25N3O3/c1-3-4-5-12-25-21(27)18-11-10-17(13-19(18)24-22(25)28)20(26)23-14-16-8-6-15(2)7-9-16/h6-11,13H,3-5,12,14H2,1-2H3,(H,23,26)(H,24,28). The van der Waals surface area contributed by atoms with Crippen LogP contribution >= 0.6 is 0 Å². The zero-order valence-electron chi connectivity index (χ0n) is 16.2. The monoisotopic (exact) mass is 379 g/mol. The fourth-order valence-electron chi connectivity index (χ4n) is 3.11. The summed E-state index contributed by atoms with van der Waals surface area (Å²) in [7, 11) is 0. The van der Waals surface area contributed by atoms with E-state index in [2.05, 4.69) is 17.2 Å². The number of nitrogens with one attached hydrogen (secondary N) is 2. The zero-order chi connectivity index (χ0) is 20.1. The number of hydrogen-bond donors (Lipinski definition) is 2. The number of aromatic nitrogens is 2. The molecule has 0 atom stereocenters. The highest BCUT2D eigenvalue weighted by Crippen LogP contribution is 2.10. The van der Waals surface area contributed by atoms with Crippen molar-refractivity contribution in [3.8, 4) is 0 Å². The normalized spacial score (nSPS) is 10.9. The lowest BCUT2D eigenvalue weighted by molar-refractivity contribution is 0.0951. The quantitative estimate of drug-likeness (QED) is 0.619. The van der Waals surface area contributed by atoms with E-state index in [1.54, 1.807) is 18.2 Å². The molecule has 0 bridgehead atoms. The molecule has 0 aliphatic carbocycles. The Balaban J connectivity index is 1.80. The van der Waals surface area contributed by atoms with Gasteiger partial charge in [0.05, 0.1) is 10.9 Å². The molecular formula is C22H25N3O3. The predicted octanol–water partition coefficient (Wildman–Crippen LogP) is 3.12. The van der Waals surface area contributed by atoms with Crippen LogP contribution in [0, 0.1) is 6.92 Å². The summed E-state index contributed by atoms with van der Waals surface area (Å²) in [5.74, 6) is -0.254. The van der Waals surface area contributed by atoms with Crippen LogP contribution in [-0.4, -0.2) is 15.5 Å². The van der Waals surface area contributed by atoms with Crippen LogP contribution in [0.1, 0.15) is 47.7 Å². The highest BCUT2D eigenvalue weighted by Gasteiger charge is 2.11. The van der Waals surface area contributed by atoms with Gasteiger partial charge in [0.1, 0.15) is 0 Å². The first-order valence-electron chi connectivity index (χ1n) is 9.60. The zero-order valence-corrected chi connectivity index (χ0v) is 16.2. The average molecular weight is 379 g/mol. The largest absolute Gasteiger partial charge is 0.348 e. The van der Waals surface area contributed by atoms with Crippen molar-refractivity contribution >= 4 is 16.8 Å². The molecule has 0 spiro atoms. The number of unbranched alkanes of at least 4 members (excludes halogenated alkanes) is 2. The van der Waals surface area contributed by atoms with Gasteiger partial charge in [-0.15, -0.1) is 0 Å². The van der Waals surface area contributed by atoms with Gasteiger partial charge >= 0.3 is 5.69 Å². The summed E-state index contributed by atoms with van der Waals surface area (Å²) in [6.07, 6.45) is 2.76. The predicted molar refractivity (Wildman–Crippen MR) is 111 cm³/mol. The van der Waals surface area contributed by atoms with Crippen molar-refractivity contribution in [1.82, 2.24) is 14.9 Å². The highest BCUT2D eigenvalue weighted by atomic mass is 16.2. The molecule has 2 N–H and O–H groups in total. The highest BCUT2D eigenvalue weighted by molar-refractivity contribution is 5.97. The Morgan fingerprint density at radius 3 is 2.54 bits per heavy atom. The van der Waals surface area contributed by atoms with E-state index in [9.17, 15) is 14.4 Å². The summed E-state index contributed by atoms with van der Waals surface area (Å²) in [6.45, 7) is 4.89. The summed E-state index contributed by atoms with van der Waals surface area (Å²) in [5.41, 5.74) is 2.19. The van der Waals surface area contributed by atoms with Crippen LogP contribution in [0.2, 0.25) is 0 Å². The maximum absolute atomic E-state index is 12.6. The second-order valence-electron chi connectivity index (χ2n) is 7.02. The van der Waals surface area contributed by atoms with Gasteiger partial charge < -0.3 is 10.3 Å². The Labute approximate surface area is 163 Å². The number of aryl methyl sites for hydroxylation is 1. The topological polar surface area (TPSA) is 84.0 Å². The molecule has 0 radical (unpaired) electrons. The fourth-order valence-corrected chi connectivity index (χ4v) is 3.11. The van der Waals surface area contributed by atoms with E-state index < -0.39 is 5.69 Å². The van der Waals surface area contributed by atoms with Gasteiger partial charge in [0.15, 0.2) is 0 Å². The van der Waals surface area contributed by atoms with Gasteiger partial charge in [0.2, 0.25) is 0 Å². The van der Waals surface area contributed by atoms with Crippen molar-refractivity contribution in [2.75, 3.05) is 0 Å². The number of nitrogens with zero attached hydrogens (tertiary/aromatic N) is 1. The first kappa shape index (κ1) is 19.6. The maximum Gasteiger partial charge on any atom is 0.328 e. The minimum absolute atomic E-state index is 0.254. The van der Waals surface area contributed by atoms with Crippen molar-refractivity contribution in [2.45, 2.75) is 46.2 Å². The van der Waals surface area contributed by atoms with E-state index in [-0.39, 0.29) is 11.5 Å². The Kier molecular flexibility index (Phi) is 6.09. The molecular weight excluding hydrogens is 354 g/mol. The van der Waals surface area contributed by atoms with Crippen molar-refractivity contribution < 1.29 is 4.79 Å². The number of amides is 1. The molecule has 1 amide bonds. The van der Waals surface area contributed by atoms with Gasteiger partial charge in [-0.1, -0.05) is 49.6 Å². The van der Waals surface area contributed by atoms with Crippen molar-refractivity contribution in [3.05, 3.63) is 80.0 Å². The van der Waals surface area contributed by atoms with E-state index in [1.165, 1.54) is 4.57 Å². The lowest BCUT2D eigenvalue weighted by Gasteiger charge is -2.09. The van der Waals surface area contributed by atoms with Gasteiger partial charge in [-0.3, -0.25) is 14.2 Å². The Bertz CT molecular complexity index is 1090. The molecule has 0 fully saturated rings. The third-order valence-electron chi connectivity index (χ3n) is 4.80. The van der Waals surface area contributed by atoms with Gasteiger partial charge in [-0.2, -0.15) is 0 Å². The first-order chi connectivity index (χ1) is 13.5. The molecule has 0 aliphatic heterocycles. The summed E-state index contributed by atoms with van der Waals surface area (Å²) < 4.78 is 1.23. The second kappa shape index (κ2) is 8.69.